The van der Waals surface area contributed by atoms with Crippen molar-refractivity contribution in [3.05, 3.63) is 42.1 Å². The molecule has 3 aromatic heterocycles. The van der Waals surface area contributed by atoms with E-state index in [0.717, 1.165) is 47.5 Å². The van der Waals surface area contributed by atoms with Gasteiger partial charge in [0.2, 0.25) is 10.0 Å². The van der Waals surface area contributed by atoms with Gasteiger partial charge in [-0.05, 0) is 80.7 Å². The number of carbonyl (C=O) groups is 1. The summed E-state index contributed by atoms with van der Waals surface area (Å²) in [6.45, 7) is 1.55. The maximum absolute atomic E-state index is 13.8. The molecule has 1 aliphatic heterocycles. The van der Waals surface area contributed by atoms with Gasteiger partial charge in [0.05, 0.1) is 24.6 Å². The standard InChI is InChI=1S/C31H37N7O4S/c1-42-26-12-20(31(39)37-16-19-7-8-24(37)27(19)32)10-23-28(26)38(22-13-21(14-22)35-43(2,40)41)30(34-23)25-11-18-4-3-9-33-29(18)36(25)15-17-5-6-17/h3-4,9-12,17,19,21-22,24,27,35H,5-8,13-16,32H2,1-2H3/t19-,21?,22?,24-,27-/m1/s1. The molecule has 4 heterocycles. The number of carbonyl (C=O) groups excluding carboxylic acids is 1. The highest BCUT2D eigenvalue weighted by molar-refractivity contribution is 7.88. The summed E-state index contributed by atoms with van der Waals surface area (Å²) in [4.78, 5) is 25.7. The maximum atomic E-state index is 13.8. The fourth-order valence-corrected chi connectivity index (χ4v) is 8.47. The molecule has 8 rings (SSSR count). The zero-order valence-corrected chi connectivity index (χ0v) is 25.3. The molecule has 1 amide bonds. The number of likely N-dealkylation sites (tertiary alicyclic amines) is 1. The van der Waals surface area contributed by atoms with E-state index in [9.17, 15) is 13.2 Å². The average molecular weight is 604 g/mol. The van der Waals surface area contributed by atoms with Gasteiger partial charge in [0.1, 0.15) is 16.9 Å². The Balaban J connectivity index is 1.27. The van der Waals surface area contributed by atoms with Crippen LogP contribution in [0.25, 0.3) is 33.6 Å². The SMILES string of the molecule is COc1cc(C(=O)N2C[C@H]3CC[C@@H]2[C@@H]3N)cc2nc(-c3cc4cccnc4n3CC3CC3)n(C3CC(NS(C)(=O)=O)C3)c12. The number of sulfonamides is 1. The molecule has 1 saturated heterocycles. The predicted molar refractivity (Wildman–Crippen MR) is 163 cm³/mol. The summed E-state index contributed by atoms with van der Waals surface area (Å²) in [5.41, 5.74) is 10.4. The van der Waals surface area contributed by atoms with Gasteiger partial charge >= 0.3 is 0 Å². The van der Waals surface area contributed by atoms with Crippen molar-refractivity contribution in [3.8, 4) is 17.3 Å². The molecule has 4 aliphatic rings. The quantitative estimate of drug-likeness (QED) is 0.315. The Kier molecular flexibility index (Phi) is 6.15. The fourth-order valence-electron chi connectivity index (χ4n) is 7.67. The number of hydrogen-bond acceptors (Lipinski definition) is 7. The van der Waals surface area contributed by atoms with Gasteiger partial charge in [-0.2, -0.15) is 0 Å². The van der Waals surface area contributed by atoms with Crippen LogP contribution in [0.4, 0.5) is 0 Å². The predicted octanol–water partition coefficient (Wildman–Crippen LogP) is 3.29. The number of imidazole rings is 1. The average Bonchev–Trinajstić information content (AvgIpc) is 3.30. The van der Waals surface area contributed by atoms with Crippen molar-refractivity contribution in [2.45, 2.75) is 69.2 Å². The van der Waals surface area contributed by atoms with Crippen LogP contribution in [0.15, 0.2) is 36.5 Å². The summed E-state index contributed by atoms with van der Waals surface area (Å²) in [5, 5.41) is 1.05. The van der Waals surface area contributed by atoms with Gasteiger partial charge in [-0.25, -0.2) is 23.1 Å². The maximum Gasteiger partial charge on any atom is 0.254 e. The van der Waals surface area contributed by atoms with E-state index in [1.54, 1.807) is 7.11 Å². The lowest BCUT2D eigenvalue weighted by atomic mass is 9.87. The Morgan fingerprint density at radius 3 is 2.65 bits per heavy atom. The number of piperidine rings is 1. The van der Waals surface area contributed by atoms with Crippen LogP contribution in [-0.2, 0) is 16.6 Å². The molecule has 43 heavy (non-hydrogen) atoms. The highest BCUT2D eigenvalue weighted by atomic mass is 32.2. The minimum absolute atomic E-state index is 0.00219. The lowest BCUT2D eigenvalue weighted by Crippen LogP contribution is -2.44. The van der Waals surface area contributed by atoms with E-state index in [1.807, 2.05) is 29.3 Å². The summed E-state index contributed by atoms with van der Waals surface area (Å²) >= 11 is 0. The molecule has 3 saturated carbocycles. The number of ether oxygens (including phenoxy) is 1. The number of nitrogens with two attached hydrogens (primary N) is 1. The number of nitrogens with one attached hydrogen (secondary N) is 1. The second-order valence-corrected chi connectivity index (χ2v) is 14.8. The van der Waals surface area contributed by atoms with E-state index in [1.165, 1.54) is 19.1 Å². The summed E-state index contributed by atoms with van der Waals surface area (Å²) in [5.74, 6) is 2.30. The molecule has 11 nitrogen and oxygen atoms in total. The Hall–Kier alpha value is -3.48. The zero-order valence-electron chi connectivity index (χ0n) is 24.4. The van der Waals surface area contributed by atoms with Crippen molar-refractivity contribution in [1.29, 1.82) is 0 Å². The third-order valence-electron chi connectivity index (χ3n) is 10.0. The highest BCUT2D eigenvalue weighted by Crippen LogP contribution is 2.44. The molecule has 12 heteroatoms. The van der Waals surface area contributed by atoms with Crippen LogP contribution in [0.2, 0.25) is 0 Å². The topological polar surface area (TPSA) is 137 Å². The van der Waals surface area contributed by atoms with Gasteiger partial charge in [-0.3, -0.25) is 4.79 Å². The number of amides is 1. The number of aromatic nitrogens is 4. The highest BCUT2D eigenvalue weighted by Gasteiger charge is 2.47. The van der Waals surface area contributed by atoms with Crippen LogP contribution >= 0.6 is 0 Å². The first-order chi connectivity index (χ1) is 20.7. The summed E-state index contributed by atoms with van der Waals surface area (Å²) in [7, 11) is -1.70. The third kappa shape index (κ3) is 4.53. The number of fused-ring (bicyclic) bond motifs is 4. The van der Waals surface area contributed by atoms with Gasteiger partial charge in [0.25, 0.3) is 5.91 Å². The smallest absolute Gasteiger partial charge is 0.254 e. The van der Waals surface area contributed by atoms with Crippen LogP contribution in [0.5, 0.6) is 5.75 Å². The monoisotopic (exact) mass is 603 g/mol. The minimum atomic E-state index is -3.32. The second kappa shape index (κ2) is 9.76. The minimum Gasteiger partial charge on any atom is -0.494 e. The van der Waals surface area contributed by atoms with Gasteiger partial charge in [-0.1, -0.05) is 0 Å². The molecule has 226 valence electrons. The Bertz CT molecular complexity index is 1870. The fraction of sp³-hybridized carbons (Fsp3) is 0.516. The van der Waals surface area contributed by atoms with E-state index in [4.69, 9.17) is 20.4 Å². The van der Waals surface area contributed by atoms with Crippen LogP contribution in [0, 0.1) is 11.8 Å². The Morgan fingerprint density at radius 1 is 1.16 bits per heavy atom. The normalized spacial score (nSPS) is 26.9. The molecule has 1 aromatic carbocycles. The molecule has 3 aliphatic carbocycles. The van der Waals surface area contributed by atoms with Crippen molar-refractivity contribution in [3.63, 3.8) is 0 Å². The van der Waals surface area contributed by atoms with Crippen molar-refractivity contribution in [2.75, 3.05) is 19.9 Å². The van der Waals surface area contributed by atoms with Gasteiger partial charge in [0, 0.05) is 54.4 Å². The van der Waals surface area contributed by atoms with E-state index >= 15 is 0 Å². The van der Waals surface area contributed by atoms with Crippen LogP contribution in [-0.4, -0.2) is 76.4 Å². The van der Waals surface area contributed by atoms with Crippen LogP contribution in [0.1, 0.15) is 54.9 Å². The summed E-state index contributed by atoms with van der Waals surface area (Å²) in [6.07, 6.45) is 8.70. The molecule has 0 spiro atoms. The molecular weight excluding hydrogens is 566 g/mol. The summed E-state index contributed by atoms with van der Waals surface area (Å²) in [6, 6.07) is 9.85. The van der Waals surface area contributed by atoms with Crippen molar-refractivity contribution < 1.29 is 17.9 Å². The van der Waals surface area contributed by atoms with Crippen LogP contribution < -0.4 is 15.2 Å². The number of rotatable bonds is 8. The lowest BCUT2D eigenvalue weighted by Gasteiger charge is -2.37. The van der Waals surface area contributed by atoms with Crippen molar-refractivity contribution in [1.82, 2.24) is 28.7 Å². The van der Waals surface area contributed by atoms with Gasteiger partial charge < -0.3 is 24.5 Å². The molecule has 3 N–H and O–H groups in total. The van der Waals surface area contributed by atoms with Gasteiger partial charge in [0.15, 0.2) is 5.82 Å². The first kappa shape index (κ1) is 27.1. The van der Waals surface area contributed by atoms with E-state index in [0.29, 0.717) is 48.1 Å². The molecular formula is C31H37N7O4S. The number of benzene rings is 1. The van der Waals surface area contributed by atoms with Crippen LogP contribution in [0.3, 0.4) is 0 Å². The molecule has 4 fully saturated rings. The van der Waals surface area contributed by atoms with Gasteiger partial charge in [-0.15, -0.1) is 0 Å². The largest absolute Gasteiger partial charge is 0.494 e. The first-order valence-corrected chi connectivity index (χ1v) is 17.2. The molecule has 0 unspecified atom stereocenters. The van der Waals surface area contributed by atoms with E-state index in [2.05, 4.69) is 26.0 Å². The number of methoxy groups -OCH3 is 1. The van der Waals surface area contributed by atoms with E-state index < -0.39 is 10.0 Å². The lowest BCUT2D eigenvalue weighted by molar-refractivity contribution is 0.0700. The first-order valence-electron chi connectivity index (χ1n) is 15.3. The Morgan fingerprint density at radius 2 is 1.98 bits per heavy atom. The zero-order chi connectivity index (χ0) is 29.6. The van der Waals surface area contributed by atoms with E-state index in [-0.39, 0.29) is 30.1 Å². The van der Waals surface area contributed by atoms with Crippen molar-refractivity contribution >= 4 is 38.0 Å². The molecule has 4 aromatic rings. The molecule has 3 atom stereocenters. The molecule has 2 bridgehead atoms. The number of pyridine rings is 1. The third-order valence-corrected chi connectivity index (χ3v) is 10.8. The summed E-state index contributed by atoms with van der Waals surface area (Å²) < 4.78 is 37.1. The second-order valence-electron chi connectivity index (χ2n) is 13.0. The number of hydrogen-bond donors (Lipinski definition) is 2. The number of nitrogens with zero attached hydrogens (tertiary/aromatic N) is 5. The van der Waals surface area contributed by atoms with Crippen molar-refractivity contribution in [2.24, 2.45) is 17.6 Å². The Labute approximate surface area is 250 Å². The molecule has 0 radical (unpaired) electrons.